The highest BCUT2D eigenvalue weighted by molar-refractivity contribution is 14.0. The van der Waals surface area contributed by atoms with Gasteiger partial charge in [0.1, 0.15) is 11.6 Å². The summed E-state index contributed by atoms with van der Waals surface area (Å²) < 4.78 is 27.5. The smallest absolute Gasteiger partial charge is 0.223 e. The first-order chi connectivity index (χ1) is 14.0. The Balaban J connectivity index is 0.00000320. The number of hydrogen-bond donors (Lipinski definition) is 2. The molecule has 0 aromatic heterocycles. The van der Waals surface area contributed by atoms with Crippen molar-refractivity contribution in [1.82, 2.24) is 20.4 Å². The van der Waals surface area contributed by atoms with Crippen molar-refractivity contribution in [3.8, 4) is 0 Å². The predicted octanol–water partition coefficient (Wildman–Crippen LogP) is 2.75. The summed E-state index contributed by atoms with van der Waals surface area (Å²) in [7, 11) is 1.75. The molecule has 9 heteroatoms. The largest absolute Gasteiger partial charge is 0.354 e. The molecule has 1 saturated carbocycles. The number of guanidine groups is 1. The van der Waals surface area contributed by atoms with Crippen LogP contribution in [0, 0.1) is 17.6 Å². The molecule has 1 heterocycles. The number of aliphatic imine (C=N–C) groups is 1. The maximum Gasteiger partial charge on any atom is 0.223 e. The first-order valence-electron chi connectivity index (χ1n) is 10.5. The van der Waals surface area contributed by atoms with Gasteiger partial charge in [0, 0.05) is 69.9 Å². The normalized spacial score (nSPS) is 18.5. The molecule has 1 atom stereocenters. The highest BCUT2D eigenvalue weighted by atomic mass is 127. The summed E-state index contributed by atoms with van der Waals surface area (Å²) in [5, 5.41) is 6.24. The van der Waals surface area contributed by atoms with Crippen LogP contribution in [0.4, 0.5) is 8.78 Å². The highest BCUT2D eigenvalue weighted by Gasteiger charge is 2.29. The minimum Gasteiger partial charge on any atom is -0.354 e. The number of nitrogens with one attached hydrogen (secondary N) is 2. The van der Waals surface area contributed by atoms with Gasteiger partial charge < -0.3 is 15.5 Å². The molecular formula is C21H32F2IN5O. The van der Waals surface area contributed by atoms with Crippen LogP contribution < -0.4 is 10.6 Å². The van der Waals surface area contributed by atoms with E-state index in [1.807, 2.05) is 6.92 Å². The molecule has 1 aliphatic heterocycles. The van der Waals surface area contributed by atoms with Gasteiger partial charge in [0.15, 0.2) is 5.96 Å². The molecule has 2 aliphatic rings. The van der Waals surface area contributed by atoms with Crippen molar-refractivity contribution in [2.45, 2.75) is 32.2 Å². The molecule has 6 nitrogen and oxygen atoms in total. The van der Waals surface area contributed by atoms with Crippen LogP contribution in [0.3, 0.4) is 0 Å². The number of rotatable bonds is 7. The van der Waals surface area contributed by atoms with Crippen molar-refractivity contribution < 1.29 is 13.6 Å². The average Bonchev–Trinajstić information content (AvgIpc) is 3.56. The van der Waals surface area contributed by atoms with E-state index in [4.69, 9.17) is 0 Å². The van der Waals surface area contributed by atoms with Gasteiger partial charge in [0.2, 0.25) is 5.91 Å². The molecule has 1 saturated heterocycles. The molecule has 2 fully saturated rings. The standard InChI is InChI=1S/C21H31F2N5O.HI/c1-3-19(17-7-6-16(22)14-18(17)23)27-10-12-28(13-11-27)21(24-2)26-9-8-25-20(29)15-4-5-15;/h6-7,14-15,19H,3-5,8-13H2,1-2H3,(H,24,26)(H,25,29);1H. The molecule has 1 aliphatic carbocycles. The molecule has 1 aromatic rings. The molecule has 3 rings (SSSR count). The van der Waals surface area contributed by atoms with Gasteiger partial charge in [-0.15, -0.1) is 24.0 Å². The van der Waals surface area contributed by atoms with Crippen LogP contribution in [-0.2, 0) is 4.79 Å². The number of halogens is 3. The Morgan fingerprint density at radius 2 is 1.83 bits per heavy atom. The quantitative estimate of drug-likeness (QED) is 0.244. The molecule has 1 aromatic carbocycles. The lowest BCUT2D eigenvalue weighted by Crippen LogP contribution is -2.53. The maximum absolute atomic E-state index is 14.2. The summed E-state index contributed by atoms with van der Waals surface area (Å²) in [4.78, 5) is 20.4. The van der Waals surface area contributed by atoms with Gasteiger partial charge >= 0.3 is 0 Å². The maximum atomic E-state index is 14.2. The third-order valence-corrected chi connectivity index (χ3v) is 5.63. The van der Waals surface area contributed by atoms with E-state index >= 15 is 0 Å². The van der Waals surface area contributed by atoms with Crippen LogP contribution in [0.5, 0.6) is 0 Å². The minimum absolute atomic E-state index is 0. The second-order valence-corrected chi connectivity index (χ2v) is 7.65. The minimum atomic E-state index is -0.547. The zero-order chi connectivity index (χ0) is 20.8. The summed E-state index contributed by atoms with van der Waals surface area (Å²) in [6.45, 7) is 6.32. The van der Waals surface area contributed by atoms with Crippen LogP contribution in [-0.4, -0.2) is 68.0 Å². The second-order valence-electron chi connectivity index (χ2n) is 7.65. The number of piperazine rings is 1. The van der Waals surface area contributed by atoms with Crippen LogP contribution >= 0.6 is 24.0 Å². The SMILES string of the molecule is CCC(c1ccc(F)cc1F)N1CCN(C(=NC)NCCNC(=O)C2CC2)CC1.I. The van der Waals surface area contributed by atoms with Gasteiger partial charge in [-0.1, -0.05) is 13.0 Å². The predicted molar refractivity (Wildman–Crippen MR) is 125 cm³/mol. The van der Waals surface area contributed by atoms with Crippen molar-refractivity contribution in [3.05, 3.63) is 35.4 Å². The number of hydrogen-bond acceptors (Lipinski definition) is 3. The van der Waals surface area contributed by atoms with Gasteiger partial charge in [-0.05, 0) is 25.3 Å². The number of carbonyl (C=O) groups excluding carboxylic acids is 1. The summed E-state index contributed by atoms with van der Waals surface area (Å²) in [6.07, 6.45) is 2.77. The van der Waals surface area contributed by atoms with Crippen LogP contribution in [0.15, 0.2) is 23.2 Å². The third kappa shape index (κ3) is 6.50. The van der Waals surface area contributed by atoms with Gasteiger partial charge in [-0.3, -0.25) is 14.7 Å². The topological polar surface area (TPSA) is 60.0 Å². The highest BCUT2D eigenvalue weighted by Crippen LogP contribution is 2.29. The fraction of sp³-hybridized carbons (Fsp3) is 0.619. The number of carbonyl (C=O) groups is 1. The third-order valence-electron chi connectivity index (χ3n) is 5.63. The molecular weight excluding hydrogens is 503 g/mol. The first kappa shape index (κ1) is 24.8. The van der Waals surface area contributed by atoms with E-state index in [0.29, 0.717) is 18.7 Å². The first-order valence-corrected chi connectivity index (χ1v) is 10.5. The van der Waals surface area contributed by atoms with Crippen molar-refractivity contribution in [2.24, 2.45) is 10.9 Å². The molecule has 1 amide bonds. The zero-order valence-corrected chi connectivity index (χ0v) is 20.0. The van der Waals surface area contributed by atoms with Crippen LogP contribution in [0.25, 0.3) is 0 Å². The molecule has 1 unspecified atom stereocenters. The van der Waals surface area contributed by atoms with Gasteiger partial charge in [0.25, 0.3) is 0 Å². The summed E-state index contributed by atoms with van der Waals surface area (Å²) in [6, 6.07) is 3.78. The van der Waals surface area contributed by atoms with E-state index in [1.165, 1.54) is 6.07 Å². The van der Waals surface area contributed by atoms with Crippen molar-refractivity contribution in [1.29, 1.82) is 0 Å². The van der Waals surface area contributed by atoms with E-state index in [2.05, 4.69) is 25.4 Å². The lowest BCUT2D eigenvalue weighted by Gasteiger charge is -2.40. The Morgan fingerprint density at radius 3 is 2.40 bits per heavy atom. The molecule has 168 valence electrons. The fourth-order valence-corrected chi connectivity index (χ4v) is 3.87. The Morgan fingerprint density at radius 1 is 1.17 bits per heavy atom. The molecule has 30 heavy (non-hydrogen) atoms. The van der Waals surface area contributed by atoms with Crippen LogP contribution in [0.2, 0.25) is 0 Å². The summed E-state index contributed by atoms with van der Waals surface area (Å²) >= 11 is 0. The lowest BCUT2D eigenvalue weighted by molar-refractivity contribution is -0.122. The van der Waals surface area contributed by atoms with E-state index in [9.17, 15) is 13.6 Å². The Hall–Kier alpha value is -1.49. The Kier molecular flexibility index (Phi) is 9.73. The molecule has 0 radical (unpaired) electrons. The molecule has 0 spiro atoms. The van der Waals surface area contributed by atoms with E-state index in [0.717, 1.165) is 57.5 Å². The summed E-state index contributed by atoms with van der Waals surface area (Å²) in [5.74, 6) is 0.152. The van der Waals surface area contributed by atoms with Crippen molar-refractivity contribution >= 4 is 35.8 Å². The van der Waals surface area contributed by atoms with E-state index in [-0.39, 0.29) is 41.8 Å². The van der Waals surface area contributed by atoms with E-state index < -0.39 is 11.6 Å². The molecule has 0 bridgehead atoms. The monoisotopic (exact) mass is 535 g/mol. The number of benzene rings is 1. The lowest BCUT2D eigenvalue weighted by atomic mass is 10.0. The average molecular weight is 535 g/mol. The zero-order valence-electron chi connectivity index (χ0n) is 17.7. The summed E-state index contributed by atoms with van der Waals surface area (Å²) in [5.41, 5.74) is 0.552. The molecule has 2 N–H and O–H groups in total. The number of amides is 1. The Bertz CT molecular complexity index is 736. The second kappa shape index (κ2) is 11.8. The number of nitrogens with zero attached hydrogens (tertiary/aromatic N) is 3. The Labute approximate surface area is 194 Å². The van der Waals surface area contributed by atoms with Crippen molar-refractivity contribution in [2.75, 3.05) is 46.3 Å². The van der Waals surface area contributed by atoms with Gasteiger partial charge in [-0.2, -0.15) is 0 Å². The van der Waals surface area contributed by atoms with Crippen LogP contribution in [0.1, 0.15) is 37.8 Å². The van der Waals surface area contributed by atoms with Crippen molar-refractivity contribution in [3.63, 3.8) is 0 Å². The fourth-order valence-electron chi connectivity index (χ4n) is 3.87. The van der Waals surface area contributed by atoms with E-state index in [1.54, 1.807) is 13.1 Å². The van der Waals surface area contributed by atoms with Gasteiger partial charge in [0.05, 0.1) is 0 Å². The van der Waals surface area contributed by atoms with Gasteiger partial charge in [-0.25, -0.2) is 8.78 Å².